The molecule has 1 amide bonds. The average molecular weight is 433 g/mol. The zero-order valence-corrected chi connectivity index (χ0v) is 18.1. The van der Waals surface area contributed by atoms with Gasteiger partial charge >= 0.3 is 0 Å². The Morgan fingerprint density at radius 3 is 2.90 bits per heavy atom. The number of ether oxygens (including phenoxy) is 1. The number of carbonyl (C=O) groups is 1. The normalized spacial score (nSPS) is 19.6. The summed E-state index contributed by atoms with van der Waals surface area (Å²) >= 11 is 1.70. The van der Waals surface area contributed by atoms with E-state index in [1.165, 1.54) is 23.8 Å². The summed E-state index contributed by atoms with van der Waals surface area (Å²) in [6.07, 6.45) is 2.76. The number of aliphatic hydroxyl groups excluding tert-OH is 1. The van der Waals surface area contributed by atoms with Gasteiger partial charge in [-0.25, -0.2) is 4.39 Å². The highest BCUT2D eigenvalue weighted by Gasteiger charge is 2.34. The van der Waals surface area contributed by atoms with E-state index in [0.717, 1.165) is 18.5 Å². The van der Waals surface area contributed by atoms with E-state index in [1.54, 1.807) is 36.5 Å². The molecule has 5 nitrogen and oxygen atoms in total. The Hall–Kier alpha value is -1.96. The quantitative estimate of drug-likeness (QED) is 0.659. The highest BCUT2D eigenvalue weighted by molar-refractivity contribution is 7.10. The third-order valence-corrected chi connectivity index (χ3v) is 6.74. The minimum atomic E-state index is -0.471. The first-order valence-corrected chi connectivity index (χ1v) is 11.5. The monoisotopic (exact) mass is 432 g/mol. The number of hydrogen-bond donors (Lipinski definition) is 1. The van der Waals surface area contributed by atoms with Gasteiger partial charge in [0.25, 0.3) is 0 Å². The van der Waals surface area contributed by atoms with Crippen molar-refractivity contribution in [2.24, 2.45) is 5.92 Å². The fourth-order valence-corrected chi connectivity index (χ4v) is 5.06. The molecule has 2 aromatic rings. The van der Waals surface area contributed by atoms with Gasteiger partial charge < -0.3 is 14.7 Å². The van der Waals surface area contributed by atoms with Crippen LogP contribution in [-0.2, 0) is 11.2 Å². The summed E-state index contributed by atoms with van der Waals surface area (Å²) in [5.41, 5.74) is 1.10. The lowest BCUT2D eigenvalue weighted by molar-refractivity contribution is -0.136. The van der Waals surface area contributed by atoms with Gasteiger partial charge in [-0.05, 0) is 61.2 Å². The number of hydrogen-bond acceptors (Lipinski definition) is 5. The molecule has 2 atom stereocenters. The van der Waals surface area contributed by atoms with Gasteiger partial charge in [0.1, 0.15) is 6.61 Å². The van der Waals surface area contributed by atoms with Gasteiger partial charge in [0.15, 0.2) is 11.6 Å². The van der Waals surface area contributed by atoms with Gasteiger partial charge in [0, 0.05) is 24.5 Å². The van der Waals surface area contributed by atoms with E-state index in [0.29, 0.717) is 19.0 Å². The molecule has 1 fully saturated rings. The van der Waals surface area contributed by atoms with Crippen LogP contribution in [-0.4, -0.2) is 59.7 Å². The molecule has 0 bridgehead atoms. The molecule has 4 rings (SSSR count). The van der Waals surface area contributed by atoms with Crippen molar-refractivity contribution in [1.29, 1.82) is 0 Å². The van der Waals surface area contributed by atoms with E-state index in [9.17, 15) is 14.3 Å². The molecular weight excluding hydrogens is 403 g/mol. The summed E-state index contributed by atoms with van der Waals surface area (Å²) in [6.45, 7) is 4.24. The van der Waals surface area contributed by atoms with Crippen molar-refractivity contribution in [3.05, 3.63) is 52.0 Å². The van der Waals surface area contributed by atoms with Crippen LogP contribution in [0.4, 0.5) is 4.39 Å². The second kappa shape index (κ2) is 9.45. The van der Waals surface area contributed by atoms with E-state index in [-0.39, 0.29) is 30.9 Å². The van der Waals surface area contributed by atoms with Crippen LogP contribution in [0.15, 0.2) is 35.7 Å². The summed E-state index contributed by atoms with van der Waals surface area (Å²) in [7, 11) is 0. The Labute approximate surface area is 181 Å². The minimum Gasteiger partial charge on any atom is -0.488 e. The molecule has 2 heterocycles. The molecule has 2 unspecified atom stereocenters. The molecule has 1 N–H and O–H groups in total. The topological polar surface area (TPSA) is 53.0 Å². The van der Waals surface area contributed by atoms with Crippen molar-refractivity contribution in [2.75, 3.05) is 32.8 Å². The molecule has 2 aliphatic rings. The van der Waals surface area contributed by atoms with Crippen molar-refractivity contribution >= 4 is 17.2 Å². The smallest absolute Gasteiger partial charge is 0.237 e. The number of carbonyl (C=O) groups excluding carboxylic acids is 1. The maximum Gasteiger partial charge on any atom is 0.237 e. The third-order valence-electron chi connectivity index (χ3n) is 5.74. The molecule has 7 heteroatoms. The molecule has 1 aromatic heterocycles. The second-order valence-electron chi connectivity index (χ2n) is 8.38. The number of fused-ring (bicyclic) bond motifs is 1. The van der Waals surface area contributed by atoms with Gasteiger partial charge in [-0.3, -0.25) is 9.69 Å². The van der Waals surface area contributed by atoms with Crippen molar-refractivity contribution in [2.45, 2.75) is 38.3 Å². The molecule has 1 aliphatic carbocycles. The predicted octanol–water partition coefficient (Wildman–Crippen LogP) is 3.48. The number of rotatable bonds is 9. The zero-order chi connectivity index (χ0) is 21.1. The maximum absolute atomic E-state index is 14.0. The maximum atomic E-state index is 14.0. The summed E-state index contributed by atoms with van der Waals surface area (Å²) in [5, 5.41) is 11.9. The van der Waals surface area contributed by atoms with Crippen molar-refractivity contribution in [3.63, 3.8) is 0 Å². The van der Waals surface area contributed by atoms with Crippen LogP contribution in [0.5, 0.6) is 5.75 Å². The summed E-state index contributed by atoms with van der Waals surface area (Å²) in [4.78, 5) is 18.5. The molecule has 0 saturated heterocycles. The number of halogens is 1. The van der Waals surface area contributed by atoms with E-state index >= 15 is 0 Å². The summed E-state index contributed by atoms with van der Waals surface area (Å²) in [6, 6.07) is 8.17. The molecule has 1 aliphatic heterocycles. The van der Waals surface area contributed by atoms with Gasteiger partial charge in [-0.1, -0.05) is 12.1 Å². The number of aliphatic hydroxyl groups is 1. The molecule has 0 spiro atoms. The first kappa shape index (κ1) is 21.3. The number of para-hydroxylation sites is 1. The lowest BCUT2D eigenvalue weighted by atomic mass is 10.0. The Balaban J connectivity index is 1.48. The highest BCUT2D eigenvalue weighted by Crippen LogP contribution is 2.34. The average Bonchev–Trinajstić information content (AvgIpc) is 3.38. The lowest BCUT2D eigenvalue weighted by Gasteiger charge is -2.37. The third kappa shape index (κ3) is 5.20. The number of benzene rings is 1. The molecule has 1 aromatic carbocycles. The Morgan fingerprint density at radius 2 is 2.17 bits per heavy atom. The standard InChI is InChI=1S/C23H29FN2O3S/c1-16(27)12-25(13-17-6-7-17)14-23(28)26-10-8-22-18(9-11-30-22)20(26)15-29-21-5-3-2-4-19(21)24/h2-5,9,11,16-17,20,27H,6-8,10,12-15H2,1H3. The molecule has 0 radical (unpaired) electrons. The van der Waals surface area contributed by atoms with Crippen LogP contribution >= 0.6 is 11.3 Å². The molecular formula is C23H29FN2O3S. The Morgan fingerprint density at radius 1 is 1.37 bits per heavy atom. The number of nitrogens with zero attached hydrogens (tertiary/aromatic N) is 2. The second-order valence-corrected chi connectivity index (χ2v) is 9.38. The van der Waals surface area contributed by atoms with E-state index < -0.39 is 11.9 Å². The van der Waals surface area contributed by atoms with Crippen LogP contribution in [0, 0.1) is 11.7 Å². The van der Waals surface area contributed by atoms with Gasteiger partial charge in [-0.15, -0.1) is 11.3 Å². The van der Waals surface area contributed by atoms with Crippen LogP contribution in [0.3, 0.4) is 0 Å². The van der Waals surface area contributed by atoms with Crippen molar-refractivity contribution in [1.82, 2.24) is 9.80 Å². The predicted molar refractivity (Wildman–Crippen MR) is 115 cm³/mol. The molecule has 1 saturated carbocycles. The fourth-order valence-electron chi connectivity index (χ4n) is 4.13. The van der Waals surface area contributed by atoms with Crippen molar-refractivity contribution in [3.8, 4) is 5.75 Å². The van der Waals surface area contributed by atoms with Crippen LogP contribution in [0.2, 0.25) is 0 Å². The molecule has 30 heavy (non-hydrogen) atoms. The highest BCUT2D eigenvalue weighted by atomic mass is 32.1. The summed E-state index contributed by atoms with van der Waals surface area (Å²) < 4.78 is 19.8. The van der Waals surface area contributed by atoms with Crippen molar-refractivity contribution < 1.29 is 19.0 Å². The Kier molecular flexibility index (Phi) is 6.71. The number of thiophene rings is 1. The first-order valence-electron chi connectivity index (χ1n) is 10.6. The summed E-state index contributed by atoms with van der Waals surface area (Å²) in [5.74, 6) is 0.484. The Bertz CT molecular complexity index is 864. The number of amides is 1. The van der Waals surface area contributed by atoms with Gasteiger partial charge in [-0.2, -0.15) is 0 Å². The van der Waals surface area contributed by atoms with Crippen LogP contribution in [0.1, 0.15) is 36.2 Å². The molecule has 162 valence electrons. The largest absolute Gasteiger partial charge is 0.488 e. The van der Waals surface area contributed by atoms with Gasteiger partial charge in [0.05, 0.1) is 18.7 Å². The van der Waals surface area contributed by atoms with Gasteiger partial charge in [0.2, 0.25) is 5.91 Å². The minimum absolute atomic E-state index is 0.0373. The van der Waals surface area contributed by atoms with E-state index in [2.05, 4.69) is 4.90 Å². The van der Waals surface area contributed by atoms with E-state index in [4.69, 9.17) is 4.74 Å². The lowest BCUT2D eigenvalue weighted by Crippen LogP contribution is -2.48. The first-order chi connectivity index (χ1) is 14.5. The van der Waals surface area contributed by atoms with Crippen LogP contribution < -0.4 is 4.74 Å². The fraction of sp³-hybridized carbons (Fsp3) is 0.522. The SMILES string of the molecule is CC(O)CN(CC(=O)N1CCc2sccc2C1COc1ccccc1F)CC1CC1. The van der Waals surface area contributed by atoms with E-state index in [1.807, 2.05) is 16.3 Å². The zero-order valence-electron chi connectivity index (χ0n) is 17.3. The van der Waals surface area contributed by atoms with Crippen LogP contribution in [0.25, 0.3) is 0 Å².